The van der Waals surface area contributed by atoms with Gasteiger partial charge in [-0.15, -0.1) is 0 Å². The Bertz CT molecular complexity index is 474. The number of nitrogens with zero attached hydrogens (tertiary/aromatic N) is 3. The SMILES string of the molecule is CCOC(=O)c1cnc(N2C[C@H]3CN(CC)C[C@H]3C2)o1. The zero-order valence-corrected chi connectivity index (χ0v) is 12.0. The lowest BCUT2D eigenvalue weighted by atomic mass is 10.0. The maximum atomic E-state index is 11.6. The van der Waals surface area contributed by atoms with Crippen LogP contribution in [0.15, 0.2) is 10.6 Å². The minimum atomic E-state index is -0.442. The summed E-state index contributed by atoms with van der Waals surface area (Å²) in [6.07, 6.45) is 1.46. The summed E-state index contributed by atoms with van der Waals surface area (Å²) < 4.78 is 10.4. The van der Waals surface area contributed by atoms with E-state index < -0.39 is 5.97 Å². The topological polar surface area (TPSA) is 58.8 Å². The Morgan fingerprint density at radius 1 is 1.35 bits per heavy atom. The van der Waals surface area contributed by atoms with Gasteiger partial charge >= 0.3 is 5.97 Å². The third-order valence-electron chi connectivity index (χ3n) is 4.25. The van der Waals surface area contributed by atoms with Gasteiger partial charge in [-0.1, -0.05) is 6.92 Å². The summed E-state index contributed by atoms with van der Waals surface area (Å²) >= 11 is 0. The van der Waals surface area contributed by atoms with E-state index in [0.717, 1.165) is 32.7 Å². The largest absolute Gasteiger partial charge is 0.460 e. The first-order valence-corrected chi connectivity index (χ1v) is 7.31. The van der Waals surface area contributed by atoms with Crippen molar-refractivity contribution in [1.29, 1.82) is 0 Å². The van der Waals surface area contributed by atoms with Gasteiger partial charge in [0, 0.05) is 26.2 Å². The van der Waals surface area contributed by atoms with Crippen molar-refractivity contribution in [2.45, 2.75) is 13.8 Å². The number of aromatic nitrogens is 1. The lowest BCUT2D eigenvalue weighted by Crippen LogP contribution is -2.28. The number of hydrogen-bond acceptors (Lipinski definition) is 6. The first-order chi connectivity index (χ1) is 9.71. The van der Waals surface area contributed by atoms with Gasteiger partial charge in [-0.2, -0.15) is 0 Å². The lowest BCUT2D eigenvalue weighted by molar-refractivity contribution is 0.0491. The fourth-order valence-electron chi connectivity index (χ4n) is 3.21. The highest BCUT2D eigenvalue weighted by atomic mass is 16.5. The van der Waals surface area contributed by atoms with Crippen LogP contribution >= 0.6 is 0 Å². The van der Waals surface area contributed by atoms with Gasteiger partial charge in [0.1, 0.15) is 0 Å². The van der Waals surface area contributed by atoms with Crippen molar-refractivity contribution in [2.24, 2.45) is 11.8 Å². The fraction of sp³-hybridized carbons (Fsp3) is 0.714. The Balaban J connectivity index is 1.63. The van der Waals surface area contributed by atoms with Gasteiger partial charge in [0.2, 0.25) is 5.76 Å². The van der Waals surface area contributed by atoms with Crippen molar-refractivity contribution in [3.05, 3.63) is 12.0 Å². The minimum absolute atomic E-state index is 0.189. The summed E-state index contributed by atoms with van der Waals surface area (Å²) in [7, 11) is 0. The summed E-state index contributed by atoms with van der Waals surface area (Å²) in [6, 6.07) is 0.547. The first-order valence-electron chi connectivity index (χ1n) is 7.31. The molecule has 0 spiro atoms. The molecule has 2 fully saturated rings. The number of carbonyl (C=O) groups excluding carboxylic acids is 1. The molecule has 0 aromatic carbocycles. The predicted molar refractivity (Wildman–Crippen MR) is 73.8 cm³/mol. The molecule has 1 aromatic heterocycles. The van der Waals surface area contributed by atoms with Crippen molar-refractivity contribution in [1.82, 2.24) is 9.88 Å². The van der Waals surface area contributed by atoms with Crippen molar-refractivity contribution in [2.75, 3.05) is 44.2 Å². The number of rotatable bonds is 4. The van der Waals surface area contributed by atoms with Crippen LogP contribution in [0.4, 0.5) is 6.01 Å². The molecule has 6 heteroatoms. The van der Waals surface area contributed by atoms with Gasteiger partial charge < -0.3 is 19.0 Å². The summed E-state index contributed by atoms with van der Waals surface area (Å²) in [6.45, 7) is 9.68. The number of oxazole rings is 1. The summed E-state index contributed by atoms with van der Waals surface area (Å²) in [5, 5.41) is 0. The second-order valence-electron chi connectivity index (χ2n) is 5.50. The van der Waals surface area contributed by atoms with Crippen molar-refractivity contribution in [3.63, 3.8) is 0 Å². The molecular weight excluding hydrogens is 258 g/mol. The number of anilines is 1. The molecule has 0 radical (unpaired) electrons. The van der Waals surface area contributed by atoms with E-state index in [1.807, 2.05) is 0 Å². The highest BCUT2D eigenvalue weighted by Gasteiger charge is 2.40. The monoisotopic (exact) mass is 279 g/mol. The molecule has 2 atom stereocenters. The van der Waals surface area contributed by atoms with Crippen LogP contribution in [0.3, 0.4) is 0 Å². The average molecular weight is 279 g/mol. The van der Waals surface area contributed by atoms with Gasteiger partial charge in [0.05, 0.1) is 12.8 Å². The van der Waals surface area contributed by atoms with Gasteiger partial charge in [-0.25, -0.2) is 9.78 Å². The van der Waals surface area contributed by atoms with Gasteiger partial charge in [-0.3, -0.25) is 0 Å². The van der Waals surface area contributed by atoms with Crippen LogP contribution < -0.4 is 4.90 Å². The Labute approximate surface area is 118 Å². The molecule has 2 aliphatic heterocycles. The number of likely N-dealkylation sites (tertiary alicyclic amines) is 1. The minimum Gasteiger partial charge on any atom is -0.460 e. The molecule has 1 aromatic rings. The van der Waals surface area contributed by atoms with Crippen LogP contribution in [0.2, 0.25) is 0 Å². The summed E-state index contributed by atoms with van der Waals surface area (Å²) in [4.78, 5) is 20.4. The van der Waals surface area contributed by atoms with Crippen molar-refractivity contribution in [3.8, 4) is 0 Å². The quantitative estimate of drug-likeness (QED) is 0.773. The third-order valence-corrected chi connectivity index (χ3v) is 4.25. The van der Waals surface area contributed by atoms with Gasteiger partial charge in [-0.05, 0) is 25.3 Å². The highest BCUT2D eigenvalue weighted by molar-refractivity contribution is 5.86. The van der Waals surface area contributed by atoms with Gasteiger partial charge in [0.25, 0.3) is 6.01 Å². The molecule has 0 aliphatic carbocycles. The second-order valence-corrected chi connectivity index (χ2v) is 5.50. The molecule has 0 amide bonds. The molecule has 2 aliphatic rings. The van der Waals surface area contributed by atoms with Crippen LogP contribution in [0.1, 0.15) is 24.4 Å². The molecule has 0 saturated carbocycles. The van der Waals surface area contributed by atoms with E-state index >= 15 is 0 Å². The molecule has 20 heavy (non-hydrogen) atoms. The molecule has 0 N–H and O–H groups in total. The van der Waals surface area contributed by atoms with Crippen molar-refractivity contribution < 1.29 is 13.9 Å². The van der Waals surface area contributed by atoms with E-state index in [0.29, 0.717) is 24.5 Å². The zero-order chi connectivity index (χ0) is 14.1. The number of hydrogen-bond donors (Lipinski definition) is 0. The standard InChI is InChI=1S/C14H21N3O3/c1-3-16-6-10-8-17(9-11(10)7-16)14-15-5-12(20-14)13(18)19-4-2/h5,10-11H,3-4,6-9H2,1-2H3/t10-,11+. The maximum Gasteiger partial charge on any atom is 0.376 e. The maximum absolute atomic E-state index is 11.6. The van der Waals surface area contributed by atoms with Crippen molar-refractivity contribution >= 4 is 12.0 Å². The fourth-order valence-corrected chi connectivity index (χ4v) is 3.21. The summed E-state index contributed by atoms with van der Waals surface area (Å²) in [5.74, 6) is 1.12. The number of ether oxygens (including phenoxy) is 1. The normalized spacial score (nSPS) is 26.0. The van der Waals surface area contributed by atoms with E-state index in [1.54, 1.807) is 6.92 Å². The second kappa shape index (κ2) is 5.44. The molecule has 0 unspecified atom stereocenters. The average Bonchev–Trinajstić information content (AvgIpc) is 3.11. The molecule has 6 nitrogen and oxygen atoms in total. The third kappa shape index (κ3) is 2.40. The number of fused-ring (bicyclic) bond motifs is 1. The van der Waals surface area contributed by atoms with E-state index in [1.165, 1.54) is 6.20 Å². The summed E-state index contributed by atoms with van der Waals surface area (Å²) in [5.41, 5.74) is 0. The van der Waals surface area contributed by atoms with Crippen LogP contribution in [0.25, 0.3) is 0 Å². The van der Waals surface area contributed by atoms with Crippen LogP contribution in [0, 0.1) is 11.8 Å². The van der Waals surface area contributed by atoms with E-state index in [4.69, 9.17) is 9.15 Å². The van der Waals surface area contributed by atoms with E-state index in [2.05, 4.69) is 21.7 Å². The Morgan fingerprint density at radius 3 is 2.65 bits per heavy atom. The first kappa shape index (κ1) is 13.4. The molecule has 110 valence electrons. The molecule has 2 saturated heterocycles. The van der Waals surface area contributed by atoms with Crippen LogP contribution in [-0.4, -0.2) is 55.2 Å². The van der Waals surface area contributed by atoms with Crippen LogP contribution in [0.5, 0.6) is 0 Å². The van der Waals surface area contributed by atoms with Crippen LogP contribution in [-0.2, 0) is 4.74 Å². The smallest absolute Gasteiger partial charge is 0.376 e. The molecular formula is C14H21N3O3. The molecule has 3 rings (SSSR count). The lowest BCUT2D eigenvalue weighted by Gasteiger charge is -2.18. The Morgan fingerprint density at radius 2 is 2.05 bits per heavy atom. The van der Waals surface area contributed by atoms with Gasteiger partial charge in [0.15, 0.2) is 0 Å². The van der Waals surface area contributed by atoms with E-state index in [9.17, 15) is 4.79 Å². The molecule has 3 heterocycles. The predicted octanol–water partition coefficient (Wildman–Crippen LogP) is 1.24. The zero-order valence-electron chi connectivity index (χ0n) is 12.0. The number of esters is 1. The Hall–Kier alpha value is -1.56. The van der Waals surface area contributed by atoms with E-state index in [-0.39, 0.29) is 5.76 Å². The number of carbonyl (C=O) groups is 1. The Kier molecular flexibility index (Phi) is 3.65. The molecule has 0 bridgehead atoms. The highest BCUT2D eigenvalue weighted by Crippen LogP contribution is 2.33.